The number of nitrogens with one attached hydrogen (secondary N) is 2. The minimum absolute atomic E-state index is 0. The zero-order chi connectivity index (χ0) is 18.7. The molecule has 1 saturated heterocycles. The number of hydrogen-bond donors (Lipinski definition) is 2. The molecule has 0 radical (unpaired) electrons. The summed E-state index contributed by atoms with van der Waals surface area (Å²) in [5.74, 6) is 1.80. The van der Waals surface area contributed by atoms with Crippen LogP contribution in [-0.4, -0.2) is 67.1 Å². The lowest BCUT2D eigenvalue weighted by molar-refractivity contribution is 0.0420. The van der Waals surface area contributed by atoms with E-state index in [0.717, 1.165) is 45.2 Å². The lowest BCUT2D eigenvalue weighted by Crippen LogP contribution is -2.39. The van der Waals surface area contributed by atoms with Gasteiger partial charge in [-0.05, 0) is 25.0 Å². The summed E-state index contributed by atoms with van der Waals surface area (Å²) in [6.45, 7) is 3.69. The smallest absolute Gasteiger partial charge is 0.276 e. The van der Waals surface area contributed by atoms with Gasteiger partial charge in [0.05, 0.1) is 12.7 Å². The molecular weight excluding hydrogens is 475 g/mol. The molecule has 1 aliphatic rings. The van der Waals surface area contributed by atoms with Crippen LogP contribution in [0.3, 0.4) is 0 Å². The molecule has 1 unspecified atom stereocenters. The summed E-state index contributed by atoms with van der Waals surface area (Å²) < 4.78 is 16.3. The molecule has 1 fully saturated rings. The SMILES string of the molecule is CN=C(NCCCOC1CCOC1)NCCc1noc(-c2ccccn2)n1.I. The van der Waals surface area contributed by atoms with E-state index >= 15 is 0 Å². The van der Waals surface area contributed by atoms with Crippen LogP contribution in [-0.2, 0) is 15.9 Å². The Morgan fingerprint density at radius 2 is 2.21 bits per heavy atom. The monoisotopic (exact) mass is 502 g/mol. The van der Waals surface area contributed by atoms with Gasteiger partial charge in [-0.2, -0.15) is 4.98 Å². The lowest BCUT2D eigenvalue weighted by atomic mass is 10.3. The quantitative estimate of drug-likeness (QED) is 0.231. The maximum Gasteiger partial charge on any atom is 0.276 e. The third kappa shape index (κ3) is 7.32. The maximum absolute atomic E-state index is 5.74. The first-order valence-corrected chi connectivity index (χ1v) is 9.23. The van der Waals surface area contributed by atoms with Crippen LogP contribution in [0.1, 0.15) is 18.7 Å². The highest BCUT2D eigenvalue weighted by atomic mass is 127. The number of guanidine groups is 1. The molecule has 3 heterocycles. The summed E-state index contributed by atoms with van der Waals surface area (Å²) in [7, 11) is 1.75. The molecule has 0 bridgehead atoms. The Kier molecular flexibility index (Phi) is 10.1. The Morgan fingerprint density at radius 1 is 1.32 bits per heavy atom. The molecule has 2 N–H and O–H groups in total. The van der Waals surface area contributed by atoms with Gasteiger partial charge in [-0.1, -0.05) is 11.2 Å². The Hall–Kier alpha value is -1.79. The zero-order valence-corrected chi connectivity index (χ0v) is 18.3. The van der Waals surface area contributed by atoms with Crippen molar-refractivity contribution in [1.29, 1.82) is 0 Å². The first-order valence-electron chi connectivity index (χ1n) is 9.23. The molecule has 0 spiro atoms. The molecule has 2 aromatic rings. The predicted octanol–water partition coefficient (Wildman–Crippen LogP) is 1.65. The van der Waals surface area contributed by atoms with E-state index in [1.807, 2.05) is 18.2 Å². The van der Waals surface area contributed by atoms with E-state index in [1.54, 1.807) is 13.2 Å². The van der Waals surface area contributed by atoms with Gasteiger partial charge >= 0.3 is 0 Å². The minimum Gasteiger partial charge on any atom is -0.379 e. The third-order valence-corrected chi connectivity index (χ3v) is 4.07. The van der Waals surface area contributed by atoms with Crippen molar-refractivity contribution in [1.82, 2.24) is 25.8 Å². The van der Waals surface area contributed by atoms with Crippen molar-refractivity contribution in [3.8, 4) is 11.6 Å². The standard InChI is InChI=1S/C18H26N6O3.HI/c1-19-18(21-9-4-11-26-14-7-12-25-13-14)22-10-6-16-23-17(27-24-16)15-5-2-3-8-20-15;/h2-3,5,8,14H,4,6-7,9-13H2,1H3,(H2,19,21,22);1H. The van der Waals surface area contributed by atoms with Crippen LogP contribution >= 0.6 is 24.0 Å². The van der Waals surface area contributed by atoms with E-state index in [-0.39, 0.29) is 30.1 Å². The molecule has 3 rings (SSSR count). The highest BCUT2D eigenvalue weighted by Gasteiger charge is 2.15. The average molecular weight is 502 g/mol. The normalized spacial score (nSPS) is 16.6. The van der Waals surface area contributed by atoms with Crippen molar-refractivity contribution >= 4 is 29.9 Å². The second-order valence-corrected chi connectivity index (χ2v) is 6.12. The second-order valence-electron chi connectivity index (χ2n) is 6.12. The number of aromatic nitrogens is 3. The van der Waals surface area contributed by atoms with E-state index in [4.69, 9.17) is 14.0 Å². The van der Waals surface area contributed by atoms with E-state index in [0.29, 0.717) is 30.4 Å². The molecule has 10 heteroatoms. The molecule has 1 aliphatic heterocycles. The highest BCUT2D eigenvalue weighted by molar-refractivity contribution is 14.0. The predicted molar refractivity (Wildman–Crippen MR) is 116 cm³/mol. The molecule has 0 amide bonds. The van der Waals surface area contributed by atoms with Gasteiger partial charge in [-0.15, -0.1) is 24.0 Å². The van der Waals surface area contributed by atoms with E-state index in [2.05, 4.69) is 30.8 Å². The fourth-order valence-corrected chi connectivity index (χ4v) is 2.64. The zero-order valence-electron chi connectivity index (χ0n) is 16.0. The van der Waals surface area contributed by atoms with E-state index < -0.39 is 0 Å². The Bertz CT molecular complexity index is 706. The molecule has 28 heavy (non-hydrogen) atoms. The van der Waals surface area contributed by atoms with E-state index in [1.165, 1.54) is 0 Å². The van der Waals surface area contributed by atoms with Crippen LogP contribution in [0, 0.1) is 0 Å². The number of nitrogens with zero attached hydrogens (tertiary/aromatic N) is 4. The number of ether oxygens (including phenoxy) is 2. The van der Waals surface area contributed by atoms with Crippen LogP contribution in [0.5, 0.6) is 0 Å². The minimum atomic E-state index is 0. The fraction of sp³-hybridized carbons (Fsp3) is 0.556. The Morgan fingerprint density at radius 3 is 2.96 bits per heavy atom. The van der Waals surface area contributed by atoms with Gasteiger partial charge in [0.25, 0.3) is 5.89 Å². The average Bonchev–Trinajstić information content (AvgIpc) is 3.39. The number of rotatable bonds is 9. The van der Waals surface area contributed by atoms with Gasteiger partial charge in [0, 0.05) is 46.0 Å². The van der Waals surface area contributed by atoms with Crippen molar-refractivity contribution in [2.24, 2.45) is 4.99 Å². The topological polar surface area (TPSA) is 107 Å². The summed E-state index contributed by atoms with van der Waals surface area (Å²) in [6, 6.07) is 5.57. The second kappa shape index (κ2) is 12.6. The Labute approximate surface area is 181 Å². The molecular formula is C18H27IN6O3. The van der Waals surface area contributed by atoms with Gasteiger partial charge in [0.15, 0.2) is 11.8 Å². The van der Waals surface area contributed by atoms with Crippen molar-refractivity contribution in [2.75, 3.05) is 40.0 Å². The maximum atomic E-state index is 5.74. The molecule has 1 atom stereocenters. The van der Waals surface area contributed by atoms with Crippen molar-refractivity contribution in [3.63, 3.8) is 0 Å². The first kappa shape index (κ1) is 22.5. The van der Waals surface area contributed by atoms with Crippen molar-refractivity contribution in [2.45, 2.75) is 25.4 Å². The van der Waals surface area contributed by atoms with E-state index in [9.17, 15) is 0 Å². The number of halogens is 1. The van der Waals surface area contributed by atoms with Crippen LogP contribution in [0.15, 0.2) is 33.9 Å². The molecule has 9 nitrogen and oxygen atoms in total. The highest BCUT2D eigenvalue weighted by Crippen LogP contribution is 2.13. The summed E-state index contributed by atoms with van der Waals surface area (Å²) in [5, 5.41) is 10.5. The number of aliphatic imine (C=N–C) groups is 1. The van der Waals surface area contributed by atoms with Crippen LogP contribution in [0.4, 0.5) is 0 Å². The van der Waals surface area contributed by atoms with Crippen molar-refractivity contribution < 1.29 is 14.0 Å². The van der Waals surface area contributed by atoms with Crippen molar-refractivity contribution in [3.05, 3.63) is 30.2 Å². The summed E-state index contributed by atoms with van der Waals surface area (Å²) in [4.78, 5) is 12.8. The Balaban J connectivity index is 0.00000280. The van der Waals surface area contributed by atoms with Gasteiger partial charge in [-0.3, -0.25) is 9.98 Å². The number of hydrogen-bond acceptors (Lipinski definition) is 7. The molecule has 0 saturated carbocycles. The summed E-state index contributed by atoms with van der Waals surface area (Å²) in [5.41, 5.74) is 0.674. The van der Waals surface area contributed by atoms with Crippen LogP contribution < -0.4 is 10.6 Å². The van der Waals surface area contributed by atoms with Gasteiger partial charge in [0.2, 0.25) is 0 Å². The van der Waals surface area contributed by atoms with Gasteiger partial charge < -0.3 is 24.6 Å². The summed E-state index contributed by atoms with van der Waals surface area (Å²) >= 11 is 0. The largest absolute Gasteiger partial charge is 0.379 e. The van der Waals surface area contributed by atoms with Crippen LogP contribution in [0.2, 0.25) is 0 Å². The summed E-state index contributed by atoms with van der Waals surface area (Å²) in [6.07, 6.45) is 4.49. The van der Waals surface area contributed by atoms with Gasteiger partial charge in [0.1, 0.15) is 5.69 Å². The molecule has 0 aromatic carbocycles. The molecule has 0 aliphatic carbocycles. The van der Waals surface area contributed by atoms with Gasteiger partial charge in [-0.25, -0.2) is 0 Å². The third-order valence-electron chi connectivity index (χ3n) is 4.07. The van der Waals surface area contributed by atoms with Crippen LogP contribution in [0.25, 0.3) is 11.6 Å². The first-order chi connectivity index (χ1) is 13.3. The molecule has 2 aromatic heterocycles. The fourth-order valence-electron chi connectivity index (χ4n) is 2.64. The number of pyridine rings is 1. The lowest BCUT2D eigenvalue weighted by Gasteiger charge is -2.12. The molecule has 154 valence electrons.